The van der Waals surface area contributed by atoms with Crippen LogP contribution in [0.4, 0.5) is 9.59 Å². The highest BCUT2D eigenvalue weighted by atomic mass is 16.7. The van der Waals surface area contributed by atoms with Gasteiger partial charge in [-0.05, 0) is 72.6 Å². The van der Waals surface area contributed by atoms with Crippen molar-refractivity contribution < 1.29 is 28.7 Å². The molecule has 4 N–H and O–H groups in total. The zero-order valence-corrected chi connectivity index (χ0v) is 33.7. The summed E-state index contributed by atoms with van der Waals surface area (Å²) in [5.41, 5.74) is 6.15. The van der Waals surface area contributed by atoms with E-state index < -0.39 is 18.2 Å². The smallest absolute Gasteiger partial charge is 0.407 e. The molecule has 0 radical (unpaired) electrons. The Morgan fingerprint density at radius 2 is 1.29 bits per heavy atom. The van der Waals surface area contributed by atoms with Crippen molar-refractivity contribution in [2.24, 2.45) is 5.92 Å². The number of nitrogens with one attached hydrogen (secondary N) is 4. The minimum absolute atomic E-state index is 0.00804. The standard InChI is InChI=1S/C45H50N8O6/c1-29(2)37(50-44(55)57-3)28-59-53-25-9-13-39(53)42-47-27-36(49-42)33-22-18-31(19-23-33)15-14-30-16-20-32(21-17-30)35-26-46-41(48-35)38-12-8-24-52(38)43(54)40(51-45(56)58-4)34-10-6-5-7-11-34/h5-7,10-11,16-23,26-27,29,37-40H,8-9,12-13,24-25,28H2,1-4H3,(H,46,48)(H,47,49)(H,50,55)(H,51,56)/t37-,38+,39+,40-/m1/s1. The van der Waals surface area contributed by atoms with Crippen molar-refractivity contribution in [2.45, 2.75) is 63.7 Å². The molecule has 4 heterocycles. The van der Waals surface area contributed by atoms with Crippen molar-refractivity contribution in [3.8, 4) is 34.4 Å². The third kappa shape index (κ3) is 9.82. The number of benzene rings is 3. The molecule has 0 unspecified atom stereocenters. The van der Waals surface area contributed by atoms with Crippen molar-refractivity contribution in [3.05, 3.63) is 120 Å². The lowest BCUT2D eigenvalue weighted by Crippen LogP contribution is -2.43. The monoisotopic (exact) mass is 798 g/mol. The van der Waals surface area contributed by atoms with Gasteiger partial charge in [-0.3, -0.25) is 9.63 Å². The quantitative estimate of drug-likeness (QED) is 0.0966. The lowest BCUT2D eigenvalue weighted by molar-refractivity contribution is -0.178. The summed E-state index contributed by atoms with van der Waals surface area (Å²) in [4.78, 5) is 62.1. The number of nitrogens with zero attached hydrogens (tertiary/aromatic N) is 4. The van der Waals surface area contributed by atoms with Crippen LogP contribution in [0.25, 0.3) is 22.5 Å². The second kappa shape index (κ2) is 18.9. The van der Waals surface area contributed by atoms with Gasteiger partial charge in [0.2, 0.25) is 0 Å². The molecule has 2 aliphatic heterocycles. The summed E-state index contributed by atoms with van der Waals surface area (Å²) in [5, 5.41) is 7.52. The number of hydrogen-bond acceptors (Lipinski definition) is 9. The highest BCUT2D eigenvalue weighted by Crippen LogP contribution is 2.35. The number of aromatic amines is 2. The van der Waals surface area contributed by atoms with E-state index in [0.717, 1.165) is 71.7 Å². The minimum Gasteiger partial charge on any atom is -0.453 e. The number of carbonyl (C=O) groups excluding carboxylic acids is 3. The summed E-state index contributed by atoms with van der Waals surface area (Å²) >= 11 is 0. The van der Waals surface area contributed by atoms with E-state index in [4.69, 9.17) is 19.3 Å². The van der Waals surface area contributed by atoms with Crippen molar-refractivity contribution in [2.75, 3.05) is 33.9 Å². The number of H-pyrrole nitrogens is 2. The summed E-state index contributed by atoms with van der Waals surface area (Å²) in [6, 6.07) is 23.9. The molecule has 2 saturated heterocycles. The van der Waals surface area contributed by atoms with E-state index in [0.29, 0.717) is 24.5 Å². The molecule has 5 aromatic rings. The second-order valence-electron chi connectivity index (χ2n) is 15.0. The largest absolute Gasteiger partial charge is 0.453 e. The molecule has 306 valence electrons. The Morgan fingerprint density at radius 1 is 0.746 bits per heavy atom. The van der Waals surface area contributed by atoms with Crippen LogP contribution in [0.3, 0.4) is 0 Å². The Morgan fingerprint density at radius 3 is 1.86 bits per heavy atom. The first kappa shape index (κ1) is 40.8. The maximum atomic E-state index is 13.9. The normalized spacial score (nSPS) is 17.5. The minimum atomic E-state index is -0.876. The van der Waals surface area contributed by atoms with Crippen LogP contribution in [-0.4, -0.2) is 88.0 Å². The number of aromatic nitrogens is 4. The van der Waals surface area contributed by atoms with E-state index in [9.17, 15) is 14.4 Å². The zero-order valence-electron chi connectivity index (χ0n) is 33.7. The lowest BCUT2D eigenvalue weighted by Gasteiger charge is -2.28. The van der Waals surface area contributed by atoms with Gasteiger partial charge in [0.25, 0.3) is 5.91 Å². The van der Waals surface area contributed by atoms with Gasteiger partial charge in [-0.15, -0.1) is 0 Å². The third-order valence-corrected chi connectivity index (χ3v) is 10.8. The Labute approximate surface area is 344 Å². The van der Waals surface area contributed by atoms with Gasteiger partial charge >= 0.3 is 12.2 Å². The van der Waals surface area contributed by atoms with Gasteiger partial charge < -0.3 is 35.0 Å². The first-order chi connectivity index (χ1) is 28.7. The fourth-order valence-corrected chi connectivity index (χ4v) is 7.46. The molecular formula is C45H50N8O6. The van der Waals surface area contributed by atoms with Crippen molar-refractivity contribution >= 4 is 18.1 Å². The van der Waals surface area contributed by atoms with E-state index >= 15 is 0 Å². The van der Waals surface area contributed by atoms with Gasteiger partial charge in [-0.25, -0.2) is 19.6 Å². The molecule has 3 aromatic carbocycles. The average Bonchev–Trinajstić information content (AvgIpc) is 4.11. The fraction of sp³-hybridized carbons (Fsp3) is 0.356. The number of likely N-dealkylation sites (tertiary alicyclic amines) is 1. The van der Waals surface area contributed by atoms with E-state index in [1.807, 2.05) is 104 Å². The maximum absolute atomic E-state index is 13.9. The SMILES string of the molecule is COC(=O)N[C@@H](C(=O)N1CCC[C@H]1c1ncc(-c2ccc(C#Cc3ccc(-c4cnc([C@@H]5CCCN5OC[C@@H](NC(=O)OC)C(C)C)[nH]4)cc3)cc2)[nH]1)c1ccccc1. The van der Waals surface area contributed by atoms with Crippen molar-refractivity contribution in [1.82, 2.24) is 40.5 Å². The first-order valence-electron chi connectivity index (χ1n) is 20.0. The molecule has 59 heavy (non-hydrogen) atoms. The molecule has 2 aromatic heterocycles. The van der Waals surface area contributed by atoms with Crippen LogP contribution >= 0.6 is 0 Å². The van der Waals surface area contributed by atoms with Gasteiger partial charge in [0.05, 0.1) is 62.7 Å². The molecule has 7 rings (SSSR count). The number of carbonyl (C=O) groups is 3. The van der Waals surface area contributed by atoms with Crippen LogP contribution in [0.15, 0.2) is 91.3 Å². The lowest BCUT2D eigenvalue weighted by atomic mass is 10.1. The fourth-order valence-electron chi connectivity index (χ4n) is 7.46. The first-order valence-corrected chi connectivity index (χ1v) is 20.0. The maximum Gasteiger partial charge on any atom is 0.407 e. The molecule has 14 heteroatoms. The van der Waals surface area contributed by atoms with Crippen LogP contribution < -0.4 is 10.6 Å². The van der Waals surface area contributed by atoms with Gasteiger partial charge in [-0.2, -0.15) is 5.06 Å². The van der Waals surface area contributed by atoms with Crippen LogP contribution in [0, 0.1) is 17.8 Å². The third-order valence-electron chi connectivity index (χ3n) is 10.8. The van der Waals surface area contributed by atoms with Gasteiger partial charge in [-0.1, -0.05) is 80.3 Å². The predicted molar refractivity (Wildman–Crippen MR) is 221 cm³/mol. The Bertz CT molecular complexity index is 2260. The highest BCUT2D eigenvalue weighted by Gasteiger charge is 2.37. The van der Waals surface area contributed by atoms with Crippen LogP contribution in [0.1, 0.15) is 86.0 Å². The average molecular weight is 799 g/mol. The molecule has 0 spiro atoms. The molecule has 3 amide bonds. The summed E-state index contributed by atoms with van der Waals surface area (Å²) in [6.45, 7) is 5.75. The van der Waals surface area contributed by atoms with Crippen LogP contribution in [0.5, 0.6) is 0 Å². The van der Waals surface area contributed by atoms with Gasteiger partial charge in [0.1, 0.15) is 17.7 Å². The van der Waals surface area contributed by atoms with E-state index in [2.05, 4.69) is 37.4 Å². The summed E-state index contributed by atoms with van der Waals surface area (Å²) < 4.78 is 9.60. The number of methoxy groups -OCH3 is 2. The molecule has 4 atom stereocenters. The Kier molecular flexibility index (Phi) is 13.0. The van der Waals surface area contributed by atoms with Gasteiger partial charge in [0, 0.05) is 24.2 Å². The zero-order chi connectivity index (χ0) is 41.3. The van der Waals surface area contributed by atoms with Gasteiger partial charge in [0.15, 0.2) is 0 Å². The molecule has 0 saturated carbocycles. The number of imidazole rings is 2. The number of hydroxylamine groups is 2. The molecule has 2 fully saturated rings. The molecule has 2 aliphatic rings. The number of rotatable bonds is 12. The molecule has 14 nitrogen and oxygen atoms in total. The molecule has 0 bridgehead atoms. The van der Waals surface area contributed by atoms with E-state index in [1.165, 1.54) is 14.2 Å². The van der Waals surface area contributed by atoms with E-state index in [-0.39, 0.29) is 30.0 Å². The van der Waals surface area contributed by atoms with Crippen molar-refractivity contribution in [3.63, 3.8) is 0 Å². The molecule has 0 aliphatic carbocycles. The number of alkyl carbamates (subject to hydrolysis) is 2. The van der Waals surface area contributed by atoms with Crippen molar-refractivity contribution in [1.29, 1.82) is 0 Å². The predicted octanol–water partition coefficient (Wildman–Crippen LogP) is 7.08. The summed E-state index contributed by atoms with van der Waals surface area (Å²) in [6.07, 6.45) is 5.97. The van der Waals surface area contributed by atoms with E-state index in [1.54, 1.807) is 11.1 Å². The van der Waals surface area contributed by atoms with Crippen LogP contribution in [-0.2, 0) is 19.1 Å². The summed E-state index contributed by atoms with van der Waals surface area (Å²) in [7, 11) is 2.64. The topological polar surface area (TPSA) is 167 Å². The number of amides is 3. The van der Waals surface area contributed by atoms with Crippen LogP contribution in [0.2, 0.25) is 0 Å². The number of ether oxygens (including phenoxy) is 2. The molecular weight excluding hydrogens is 749 g/mol. The second-order valence-corrected chi connectivity index (χ2v) is 15.0. The Balaban J connectivity index is 0.956. The number of hydrogen-bond donors (Lipinski definition) is 4. The Hall–Kier alpha value is -6.43. The highest BCUT2D eigenvalue weighted by molar-refractivity contribution is 5.87. The summed E-state index contributed by atoms with van der Waals surface area (Å²) in [5.74, 6) is 8.05.